The van der Waals surface area contributed by atoms with Gasteiger partial charge in [-0.2, -0.15) is 0 Å². The maximum absolute atomic E-state index is 11.0. The SMILES string of the molecule is CC1(C)CC2(CCO1)CC2C(N)=O. The van der Waals surface area contributed by atoms with Crippen molar-refractivity contribution in [1.82, 2.24) is 0 Å². The Morgan fingerprint density at radius 2 is 2.23 bits per heavy atom. The normalized spacial score (nSPS) is 41.8. The molecular weight excluding hydrogens is 166 g/mol. The number of carbonyl (C=O) groups is 1. The number of carbonyl (C=O) groups excluding carboxylic acids is 1. The van der Waals surface area contributed by atoms with E-state index in [1.54, 1.807) is 0 Å². The van der Waals surface area contributed by atoms with Crippen molar-refractivity contribution in [3.63, 3.8) is 0 Å². The van der Waals surface area contributed by atoms with Crippen molar-refractivity contribution in [3.8, 4) is 0 Å². The van der Waals surface area contributed by atoms with E-state index in [0.717, 1.165) is 25.9 Å². The zero-order chi connectivity index (χ0) is 9.69. The Labute approximate surface area is 78.6 Å². The van der Waals surface area contributed by atoms with Gasteiger partial charge in [0.1, 0.15) is 0 Å². The van der Waals surface area contributed by atoms with Crippen molar-refractivity contribution in [2.45, 2.75) is 38.7 Å². The van der Waals surface area contributed by atoms with Gasteiger partial charge < -0.3 is 10.5 Å². The molecule has 1 saturated heterocycles. The zero-order valence-electron chi connectivity index (χ0n) is 8.30. The summed E-state index contributed by atoms with van der Waals surface area (Å²) in [6.45, 7) is 4.95. The summed E-state index contributed by atoms with van der Waals surface area (Å²) in [6, 6.07) is 0. The number of hydrogen-bond donors (Lipinski definition) is 1. The van der Waals surface area contributed by atoms with E-state index in [0.29, 0.717) is 0 Å². The summed E-state index contributed by atoms with van der Waals surface area (Å²) in [5.74, 6) is -0.00613. The molecule has 2 unspecified atom stereocenters. The summed E-state index contributed by atoms with van der Waals surface area (Å²) >= 11 is 0. The molecule has 1 spiro atoms. The van der Waals surface area contributed by atoms with Crippen LogP contribution in [0, 0.1) is 11.3 Å². The average molecular weight is 183 g/mol. The molecular formula is C10H17NO2. The molecule has 2 N–H and O–H groups in total. The molecule has 1 aliphatic heterocycles. The highest BCUT2D eigenvalue weighted by atomic mass is 16.5. The van der Waals surface area contributed by atoms with Crippen LogP contribution in [0.4, 0.5) is 0 Å². The molecule has 0 aromatic heterocycles. The van der Waals surface area contributed by atoms with Gasteiger partial charge in [-0.15, -0.1) is 0 Å². The molecule has 2 fully saturated rings. The number of amides is 1. The molecule has 0 radical (unpaired) electrons. The lowest BCUT2D eigenvalue weighted by molar-refractivity contribution is -0.122. The van der Waals surface area contributed by atoms with E-state index in [1.807, 2.05) is 0 Å². The average Bonchev–Trinajstić information content (AvgIpc) is 2.60. The van der Waals surface area contributed by atoms with Crippen LogP contribution in [0.5, 0.6) is 0 Å². The Morgan fingerprint density at radius 3 is 2.69 bits per heavy atom. The topological polar surface area (TPSA) is 52.3 Å². The van der Waals surface area contributed by atoms with E-state index in [1.165, 1.54) is 0 Å². The molecule has 0 bridgehead atoms. The van der Waals surface area contributed by atoms with Crippen molar-refractivity contribution in [2.24, 2.45) is 17.1 Å². The predicted molar refractivity (Wildman–Crippen MR) is 49.0 cm³/mol. The first-order valence-corrected chi connectivity index (χ1v) is 4.89. The van der Waals surface area contributed by atoms with Crippen LogP contribution >= 0.6 is 0 Å². The van der Waals surface area contributed by atoms with Crippen LogP contribution in [0.25, 0.3) is 0 Å². The molecule has 0 aromatic carbocycles. The summed E-state index contributed by atoms with van der Waals surface area (Å²) in [4.78, 5) is 11.0. The molecule has 3 heteroatoms. The van der Waals surface area contributed by atoms with Gasteiger partial charge in [0.2, 0.25) is 5.91 Å². The van der Waals surface area contributed by atoms with Crippen LogP contribution in [0.3, 0.4) is 0 Å². The third kappa shape index (κ3) is 1.46. The van der Waals surface area contributed by atoms with E-state index >= 15 is 0 Å². The minimum atomic E-state index is -0.127. The van der Waals surface area contributed by atoms with Crippen molar-refractivity contribution in [1.29, 1.82) is 0 Å². The molecule has 3 nitrogen and oxygen atoms in total. The highest BCUT2D eigenvalue weighted by molar-refractivity contribution is 5.80. The minimum Gasteiger partial charge on any atom is -0.376 e. The van der Waals surface area contributed by atoms with Crippen LogP contribution in [0.2, 0.25) is 0 Å². The third-order valence-electron chi connectivity index (χ3n) is 3.40. The third-order valence-corrected chi connectivity index (χ3v) is 3.40. The molecule has 2 atom stereocenters. The lowest BCUT2D eigenvalue weighted by atomic mass is 9.84. The van der Waals surface area contributed by atoms with E-state index in [2.05, 4.69) is 13.8 Å². The van der Waals surface area contributed by atoms with Crippen LogP contribution < -0.4 is 5.73 Å². The maximum Gasteiger partial charge on any atom is 0.221 e. The van der Waals surface area contributed by atoms with Gasteiger partial charge in [-0.1, -0.05) is 0 Å². The highest BCUT2D eigenvalue weighted by Crippen LogP contribution is 2.61. The summed E-state index contributed by atoms with van der Waals surface area (Å²) in [7, 11) is 0. The Kier molecular flexibility index (Phi) is 1.71. The zero-order valence-corrected chi connectivity index (χ0v) is 8.30. The molecule has 13 heavy (non-hydrogen) atoms. The second-order valence-electron chi connectivity index (χ2n) is 5.06. The molecule has 2 aliphatic rings. The van der Waals surface area contributed by atoms with Gasteiger partial charge in [0.05, 0.1) is 5.60 Å². The smallest absolute Gasteiger partial charge is 0.221 e. The lowest BCUT2D eigenvalue weighted by Crippen LogP contribution is -2.37. The number of primary amides is 1. The standard InChI is InChI=1S/C10H17NO2/c1-9(2)6-10(3-4-13-9)5-7(10)8(11)12/h7H,3-6H2,1-2H3,(H2,11,12). The summed E-state index contributed by atoms with van der Waals surface area (Å²) in [5.41, 5.74) is 5.45. The quantitative estimate of drug-likeness (QED) is 0.661. The fourth-order valence-corrected chi connectivity index (χ4v) is 2.74. The largest absolute Gasteiger partial charge is 0.376 e. The molecule has 74 valence electrons. The molecule has 0 aromatic rings. The van der Waals surface area contributed by atoms with Crippen molar-refractivity contribution < 1.29 is 9.53 Å². The van der Waals surface area contributed by atoms with Crippen molar-refractivity contribution in [3.05, 3.63) is 0 Å². The molecule has 1 saturated carbocycles. The monoisotopic (exact) mass is 183 g/mol. The lowest BCUT2D eigenvalue weighted by Gasteiger charge is -2.36. The predicted octanol–water partition coefficient (Wildman–Crippen LogP) is 1.07. The van der Waals surface area contributed by atoms with Gasteiger partial charge in [-0.3, -0.25) is 4.79 Å². The highest BCUT2D eigenvalue weighted by Gasteiger charge is 2.60. The van der Waals surface area contributed by atoms with E-state index in [9.17, 15) is 4.79 Å². The van der Waals surface area contributed by atoms with Gasteiger partial charge >= 0.3 is 0 Å². The fraction of sp³-hybridized carbons (Fsp3) is 0.900. The van der Waals surface area contributed by atoms with E-state index < -0.39 is 0 Å². The molecule has 2 rings (SSSR count). The second kappa shape index (κ2) is 2.47. The van der Waals surface area contributed by atoms with Crippen molar-refractivity contribution in [2.75, 3.05) is 6.61 Å². The van der Waals surface area contributed by atoms with Crippen LogP contribution in [0.1, 0.15) is 33.1 Å². The van der Waals surface area contributed by atoms with Gasteiger partial charge in [-0.05, 0) is 38.5 Å². The summed E-state index contributed by atoms with van der Waals surface area (Å²) in [6.07, 6.45) is 2.97. The van der Waals surface area contributed by atoms with Gasteiger partial charge in [-0.25, -0.2) is 0 Å². The van der Waals surface area contributed by atoms with E-state index in [4.69, 9.17) is 10.5 Å². The summed E-state index contributed by atoms with van der Waals surface area (Å²) in [5, 5.41) is 0. The fourth-order valence-electron chi connectivity index (χ4n) is 2.74. The van der Waals surface area contributed by atoms with Gasteiger partial charge in [0, 0.05) is 12.5 Å². The van der Waals surface area contributed by atoms with Crippen LogP contribution in [-0.2, 0) is 9.53 Å². The Balaban J connectivity index is 2.06. The van der Waals surface area contributed by atoms with Crippen LogP contribution in [0.15, 0.2) is 0 Å². The Hall–Kier alpha value is -0.570. The molecule has 1 heterocycles. The van der Waals surface area contributed by atoms with Gasteiger partial charge in [0.15, 0.2) is 0 Å². The van der Waals surface area contributed by atoms with Crippen LogP contribution in [-0.4, -0.2) is 18.1 Å². The Morgan fingerprint density at radius 1 is 1.54 bits per heavy atom. The first-order chi connectivity index (χ1) is 5.95. The first kappa shape index (κ1) is 9.00. The minimum absolute atomic E-state index is 0.0670. The van der Waals surface area contributed by atoms with Gasteiger partial charge in [0.25, 0.3) is 0 Å². The van der Waals surface area contributed by atoms with Crippen molar-refractivity contribution >= 4 is 5.91 Å². The number of rotatable bonds is 1. The molecule has 1 amide bonds. The number of hydrogen-bond acceptors (Lipinski definition) is 2. The number of nitrogens with two attached hydrogens (primary N) is 1. The maximum atomic E-state index is 11.0. The Bertz CT molecular complexity index is 249. The second-order valence-corrected chi connectivity index (χ2v) is 5.06. The summed E-state index contributed by atoms with van der Waals surface area (Å²) < 4.78 is 5.62. The number of ether oxygens (including phenoxy) is 1. The first-order valence-electron chi connectivity index (χ1n) is 4.89. The molecule has 1 aliphatic carbocycles. The van der Waals surface area contributed by atoms with E-state index in [-0.39, 0.29) is 22.8 Å².